The zero-order valence-corrected chi connectivity index (χ0v) is 12.9. The van der Waals surface area contributed by atoms with E-state index in [9.17, 15) is 4.79 Å². The van der Waals surface area contributed by atoms with E-state index < -0.39 is 0 Å². The zero-order chi connectivity index (χ0) is 14.5. The molecule has 3 heteroatoms. The number of nitrogens with one attached hydrogen (secondary N) is 1. The van der Waals surface area contributed by atoms with Gasteiger partial charge >= 0.3 is 0 Å². The summed E-state index contributed by atoms with van der Waals surface area (Å²) >= 11 is 0. The third kappa shape index (κ3) is 3.60. The number of amides is 1. The highest BCUT2D eigenvalue weighted by Gasteiger charge is 2.30. The summed E-state index contributed by atoms with van der Waals surface area (Å²) in [6.45, 7) is 9.05. The molecule has 1 heterocycles. The second kappa shape index (κ2) is 6.89. The van der Waals surface area contributed by atoms with Crippen LogP contribution in [0.3, 0.4) is 0 Å². The summed E-state index contributed by atoms with van der Waals surface area (Å²) in [5.41, 5.74) is 2.57. The molecule has 1 aromatic carbocycles. The van der Waals surface area contributed by atoms with Crippen molar-refractivity contribution in [2.24, 2.45) is 0 Å². The molecule has 1 atom stereocenters. The van der Waals surface area contributed by atoms with Crippen molar-refractivity contribution >= 4 is 5.91 Å². The molecule has 1 aromatic rings. The van der Waals surface area contributed by atoms with Crippen LogP contribution in [0.15, 0.2) is 24.3 Å². The van der Waals surface area contributed by atoms with Crippen LogP contribution in [0.4, 0.5) is 0 Å². The molecule has 1 aliphatic rings. The molecule has 110 valence electrons. The molecule has 1 saturated heterocycles. The Balaban J connectivity index is 1.92. The number of carbonyl (C=O) groups is 1. The molecule has 3 nitrogen and oxygen atoms in total. The van der Waals surface area contributed by atoms with E-state index in [1.165, 1.54) is 11.1 Å². The van der Waals surface area contributed by atoms with Gasteiger partial charge in [0, 0.05) is 13.1 Å². The molecule has 1 N–H and O–H groups in total. The Labute approximate surface area is 122 Å². The van der Waals surface area contributed by atoms with Gasteiger partial charge in [0.15, 0.2) is 0 Å². The van der Waals surface area contributed by atoms with Crippen LogP contribution >= 0.6 is 0 Å². The largest absolute Gasteiger partial charge is 0.337 e. The molecule has 1 aliphatic heterocycles. The second-order valence-corrected chi connectivity index (χ2v) is 5.95. The second-order valence-electron chi connectivity index (χ2n) is 5.95. The van der Waals surface area contributed by atoms with Gasteiger partial charge in [0.1, 0.15) is 0 Å². The monoisotopic (exact) mass is 274 g/mol. The van der Waals surface area contributed by atoms with Crippen molar-refractivity contribution in [3.8, 4) is 0 Å². The molecule has 20 heavy (non-hydrogen) atoms. The smallest absolute Gasteiger partial charge is 0.240 e. The van der Waals surface area contributed by atoms with Crippen LogP contribution in [0.25, 0.3) is 0 Å². The average molecular weight is 274 g/mol. The summed E-state index contributed by atoms with van der Waals surface area (Å²) < 4.78 is 0. The molecule has 1 unspecified atom stereocenters. The van der Waals surface area contributed by atoms with E-state index in [2.05, 4.69) is 50.4 Å². The SMILES string of the molecule is CCCNC1CCN(Cc2ccc(C(C)C)cc2)C1=O. The molecular weight excluding hydrogens is 248 g/mol. The van der Waals surface area contributed by atoms with Crippen molar-refractivity contribution in [1.82, 2.24) is 10.2 Å². The van der Waals surface area contributed by atoms with E-state index in [0.29, 0.717) is 5.92 Å². The first-order valence-electron chi connectivity index (χ1n) is 7.72. The highest BCUT2D eigenvalue weighted by molar-refractivity contribution is 5.83. The van der Waals surface area contributed by atoms with Gasteiger partial charge in [-0.3, -0.25) is 4.79 Å². The Kier molecular flexibility index (Phi) is 5.18. The molecule has 0 aromatic heterocycles. The van der Waals surface area contributed by atoms with Gasteiger partial charge in [0.05, 0.1) is 6.04 Å². The lowest BCUT2D eigenvalue weighted by molar-refractivity contribution is -0.129. The summed E-state index contributed by atoms with van der Waals surface area (Å²) in [5.74, 6) is 0.812. The van der Waals surface area contributed by atoms with Gasteiger partial charge in [-0.15, -0.1) is 0 Å². The lowest BCUT2D eigenvalue weighted by atomic mass is 10.0. The molecular formula is C17H26N2O. The molecule has 0 saturated carbocycles. The van der Waals surface area contributed by atoms with E-state index in [-0.39, 0.29) is 11.9 Å². The van der Waals surface area contributed by atoms with Crippen LogP contribution in [0.5, 0.6) is 0 Å². The Morgan fingerprint density at radius 2 is 2.00 bits per heavy atom. The minimum atomic E-state index is 0.0323. The predicted octanol–water partition coefficient (Wildman–Crippen LogP) is 2.91. The highest BCUT2D eigenvalue weighted by Crippen LogP contribution is 2.18. The van der Waals surface area contributed by atoms with Gasteiger partial charge in [-0.1, -0.05) is 45.0 Å². The highest BCUT2D eigenvalue weighted by atomic mass is 16.2. The van der Waals surface area contributed by atoms with Crippen LogP contribution < -0.4 is 5.32 Å². The van der Waals surface area contributed by atoms with Crippen molar-refractivity contribution in [1.29, 1.82) is 0 Å². The number of hydrogen-bond acceptors (Lipinski definition) is 2. The van der Waals surface area contributed by atoms with E-state index >= 15 is 0 Å². The Morgan fingerprint density at radius 1 is 1.30 bits per heavy atom. The topological polar surface area (TPSA) is 32.3 Å². The number of rotatable bonds is 6. The fourth-order valence-corrected chi connectivity index (χ4v) is 2.63. The lowest BCUT2D eigenvalue weighted by Gasteiger charge is -2.17. The maximum Gasteiger partial charge on any atom is 0.240 e. The van der Waals surface area contributed by atoms with E-state index in [1.54, 1.807) is 0 Å². The Bertz CT molecular complexity index is 439. The van der Waals surface area contributed by atoms with E-state index in [4.69, 9.17) is 0 Å². The normalized spacial score (nSPS) is 19.1. The maximum absolute atomic E-state index is 12.3. The first-order chi connectivity index (χ1) is 9.61. The number of benzene rings is 1. The number of likely N-dealkylation sites (tertiary alicyclic amines) is 1. The average Bonchev–Trinajstić information content (AvgIpc) is 2.78. The minimum Gasteiger partial charge on any atom is -0.337 e. The van der Waals surface area contributed by atoms with Crippen molar-refractivity contribution in [3.63, 3.8) is 0 Å². The van der Waals surface area contributed by atoms with Crippen molar-refractivity contribution < 1.29 is 4.79 Å². The molecule has 0 bridgehead atoms. The van der Waals surface area contributed by atoms with Crippen LogP contribution in [0, 0.1) is 0 Å². The molecule has 0 aliphatic carbocycles. The zero-order valence-electron chi connectivity index (χ0n) is 12.9. The summed E-state index contributed by atoms with van der Waals surface area (Å²) in [6.07, 6.45) is 2.00. The molecule has 1 amide bonds. The van der Waals surface area contributed by atoms with Gasteiger partial charge in [-0.25, -0.2) is 0 Å². The van der Waals surface area contributed by atoms with Gasteiger partial charge < -0.3 is 10.2 Å². The standard InChI is InChI=1S/C17H26N2O/c1-4-10-18-16-9-11-19(17(16)20)12-14-5-7-15(8-6-14)13(2)3/h5-8,13,16,18H,4,9-12H2,1-3H3. The number of hydrogen-bond donors (Lipinski definition) is 1. The van der Waals surface area contributed by atoms with Crippen molar-refractivity contribution in [2.45, 2.75) is 52.1 Å². The van der Waals surface area contributed by atoms with Crippen molar-refractivity contribution in [2.75, 3.05) is 13.1 Å². The van der Waals surface area contributed by atoms with Crippen molar-refractivity contribution in [3.05, 3.63) is 35.4 Å². The lowest BCUT2D eigenvalue weighted by Crippen LogP contribution is -2.38. The summed E-state index contributed by atoms with van der Waals surface area (Å²) in [4.78, 5) is 14.2. The molecule has 0 radical (unpaired) electrons. The van der Waals surface area contributed by atoms with Crippen LogP contribution in [-0.2, 0) is 11.3 Å². The third-order valence-electron chi connectivity index (χ3n) is 3.96. The fourth-order valence-electron chi connectivity index (χ4n) is 2.63. The minimum absolute atomic E-state index is 0.0323. The summed E-state index contributed by atoms with van der Waals surface area (Å²) in [7, 11) is 0. The first-order valence-corrected chi connectivity index (χ1v) is 7.72. The maximum atomic E-state index is 12.3. The molecule has 1 fully saturated rings. The van der Waals surface area contributed by atoms with E-state index in [0.717, 1.165) is 32.5 Å². The van der Waals surface area contributed by atoms with E-state index in [1.807, 2.05) is 4.90 Å². The van der Waals surface area contributed by atoms with Gasteiger partial charge in [0.25, 0.3) is 0 Å². The van der Waals surface area contributed by atoms with Gasteiger partial charge in [-0.2, -0.15) is 0 Å². The molecule has 2 rings (SSSR count). The summed E-state index contributed by atoms with van der Waals surface area (Å²) in [5, 5.41) is 3.33. The summed E-state index contributed by atoms with van der Waals surface area (Å²) in [6, 6.07) is 8.68. The van der Waals surface area contributed by atoms with Gasteiger partial charge in [0.2, 0.25) is 5.91 Å². The fraction of sp³-hybridized carbons (Fsp3) is 0.588. The number of carbonyl (C=O) groups excluding carboxylic acids is 1. The van der Waals surface area contributed by atoms with Crippen LogP contribution in [0.2, 0.25) is 0 Å². The third-order valence-corrected chi connectivity index (χ3v) is 3.96. The quantitative estimate of drug-likeness (QED) is 0.865. The number of nitrogens with zero attached hydrogens (tertiary/aromatic N) is 1. The Morgan fingerprint density at radius 3 is 2.60 bits per heavy atom. The first kappa shape index (κ1) is 15.0. The van der Waals surface area contributed by atoms with Gasteiger partial charge in [-0.05, 0) is 36.4 Å². The Hall–Kier alpha value is -1.35. The molecule has 0 spiro atoms. The van der Waals surface area contributed by atoms with Crippen LogP contribution in [0.1, 0.15) is 50.7 Å². The predicted molar refractivity (Wildman–Crippen MR) is 82.6 cm³/mol. The van der Waals surface area contributed by atoms with Crippen LogP contribution in [-0.4, -0.2) is 29.9 Å².